The predicted molar refractivity (Wildman–Crippen MR) is 104 cm³/mol. The molecule has 0 aliphatic heterocycles. The molecule has 0 saturated carbocycles. The third kappa shape index (κ3) is 3.55. The molecule has 2 aromatic heterocycles. The van der Waals surface area contributed by atoms with Crippen LogP contribution in [0.3, 0.4) is 0 Å². The molecular formula is C19H20N2O2S2. The minimum absolute atomic E-state index is 0.0536. The monoisotopic (exact) mass is 372 g/mol. The standard InChI is InChI=1S/C19H20N2O2S2/c1-2-23-13-8-9-14-16(11-13)25-19(20-14)21-18(22)17-10-12-6-4-3-5-7-15(12)24-17/h8-11H,2-7H2,1H3,(H,20,21,22). The van der Waals surface area contributed by atoms with Gasteiger partial charge in [-0.2, -0.15) is 0 Å². The second-order valence-electron chi connectivity index (χ2n) is 6.16. The second-order valence-corrected chi connectivity index (χ2v) is 8.32. The number of rotatable bonds is 4. The van der Waals surface area contributed by atoms with Crippen LogP contribution in [0.1, 0.15) is 46.3 Å². The Hall–Kier alpha value is -1.92. The molecule has 0 saturated heterocycles. The fourth-order valence-corrected chi connectivity index (χ4v) is 5.19. The van der Waals surface area contributed by atoms with Crippen LogP contribution in [0.15, 0.2) is 24.3 Å². The van der Waals surface area contributed by atoms with Crippen LogP contribution in [0.2, 0.25) is 0 Å². The van der Waals surface area contributed by atoms with Crippen LogP contribution in [0.25, 0.3) is 10.2 Å². The zero-order chi connectivity index (χ0) is 17.2. The molecule has 6 heteroatoms. The number of amides is 1. The summed E-state index contributed by atoms with van der Waals surface area (Å²) in [6.45, 7) is 2.60. The minimum atomic E-state index is -0.0536. The summed E-state index contributed by atoms with van der Waals surface area (Å²) in [6.07, 6.45) is 5.95. The van der Waals surface area contributed by atoms with E-state index in [4.69, 9.17) is 4.74 Å². The smallest absolute Gasteiger partial charge is 0.267 e. The number of benzene rings is 1. The van der Waals surface area contributed by atoms with Gasteiger partial charge in [0.15, 0.2) is 5.13 Å². The van der Waals surface area contributed by atoms with E-state index in [1.165, 1.54) is 41.0 Å². The number of aryl methyl sites for hydroxylation is 2. The van der Waals surface area contributed by atoms with Gasteiger partial charge < -0.3 is 4.74 Å². The van der Waals surface area contributed by atoms with Crippen molar-refractivity contribution >= 4 is 43.9 Å². The molecule has 1 aliphatic rings. The van der Waals surface area contributed by atoms with E-state index in [0.717, 1.165) is 33.7 Å². The number of anilines is 1. The van der Waals surface area contributed by atoms with Gasteiger partial charge in [-0.1, -0.05) is 17.8 Å². The van der Waals surface area contributed by atoms with E-state index in [-0.39, 0.29) is 5.91 Å². The van der Waals surface area contributed by atoms with E-state index in [0.29, 0.717) is 11.7 Å². The van der Waals surface area contributed by atoms with E-state index in [1.54, 1.807) is 11.3 Å². The van der Waals surface area contributed by atoms with Crippen molar-refractivity contribution in [2.24, 2.45) is 0 Å². The third-order valence-corrected chi connectivity index (χ3v) is 6.53. The van der Waals surface area contributed by atoms with Crippen molar-refractivity contribution in [2.45, 2.75) is 39.0 Å². The fraction of sp³-hybridized carbons (Fsp3) is 0.368. The Bertz CT molecular complexity index is 890. The molecule has 4 nitrogen and oxygen atoms in total. The maximum absolute atomic E-state index is 12.6. The lowest BCUT2D eigenvalue weighted by molar-refractivity contribution is 0.103. The van der Waals surface area contributed by atoms with Gasteiger partial charge in [-0.3, -0.25) is 10.1 Å². The molecule has 4 rings (SSSR count). The van der Waals surface area contributed by atoms with Gasteiger partial charge in [0.2, 0.25) is 0 Å². The average Bonchev–Trinajstić information content (AvgIpc) is 3.12. The average molecular weight is 373 g/mol. The van der Waals surface area contributed by atoms with Crippen molar-refractivity contribution in [2.75, 3.05) is 11.9 Å². The third-order valence-electron chi connectivity index (χ3n) is 4.36. The molecule has 1 aromatic carbocycles. The van der Waals surface area contributed by atoms with Crippen LogP contribution >= 0.6 is 22.7 Å². The zero-order valence-electron chi connectivity index (χ0n) is 14.1. The summed E-state index contributed by atoms with van der Waals surface area (Å²) < 4.78 is 6.54. The molecule has 0 fully saturated rings. The second kappa shape index (κ2) is 7.14. The van der Waals surface area contributed by atoms with Crippen LogP contribution in [0, 0.1) is 0 Å². The molecule has 1 N–H and O–H groups in total. The molecule has 130 valence electrons. The van der Waals surface area contributed by atoms with Gasteiger partial charge >= 0.3 is 0 Å². The van der Waals surface area contributed by atoms with Gasteiger partial charge in [-0.25, -0.2) is 4.98 Å². The van der Waals surface area contributed by atoms with E-state index in [2.05, 4.69) is 16.4 Å². The Balaban J connectivity index is 1.53. The lowest BCUT2D eigenvalue weighted by Gasteiger charge is -2.00. The number of carbonyl (C=O) groups excluding carboxylic acids is 1. The van der Waals surface area contributed by atoms with E-state index < -0.39 is 0 Å². The number of thiophene rings is 1. The largest absolute Gasteiger partial charge is 0.494 e. The summed E-state index contributed by atoms with van der Waals surface area (Å²) in [4.78, 5) is 19.3. The summed E-state index contributed by atoms with van der Waals surface area (Å²) in [7, 11) is 0. The normalized spacial score (nSPS) is 14.1. The molecular weight excluding hydrogens is 352 g/mol. The lowest BCUT2D eigenvalue weighted by Crippen LogP contribution is -2.09. The molecule has 3 aromatic rings. The Kier molecular flexibility index (Phi) is 4.72. The number of ether oxygens (including phenoxy) is 1. The highest BCUT2D eigenvalue weighted by atomic mass is 32.1. The predicted octanol–water partition coefficient (Wildman–Crippen LogP) is 5.28. The van der Waals surface area contributed by atoms with Gasteiger partial charge in [0, 0.05) is 4.88 Å². The first kappa shape index (κ1) is 16.5. The van der Waals surface area contributed by atoms with Crippen LogP contribution in [0.5, 0.6) is 5.75 Å². The highest BCUT2D eigenvalue weighted by Gasteiger charge is 2.17. The first-order valence-corrected chi connectivity index (χ1v) is 10.3. The topological polar surface area (TPSA) is 51.2 Å². The summed E-state index contributed by atoms with van der Waals surface area (Å²) in [6, 6.07) is 7.88. The Morgan fingerprint density at radius 3 is 2.96 bits per heavy atom. The lowest BCUT2D eigenvalue weighted by atomic mass is 10.1. The number of nitrogens with zero attached hydrogens (tertiary/aromatic N) is 1. The summed E-state index contributed by atoms with van der Waals surface area (Å²) in [5, 5.41) is 3.60. The quantitative estimate of drug-likeness (QED) is 0.634. The van der Waals surface area contributed by atoms with E-state index in [9.17, 15) is 4.79 Å². The van der Waals surface area contributed by atoms with Gasteiger partial charge in [0.1, 0.15) is 5.75 Å². The van der Waals surface area contributed by atoms with Crippen LogP contribution in [-0.4, -0.2) is 17.5 Å². The van der Waals surface area contributed by atoms with Crippen LogP contribution in [0.4, 0.5) is 5.13 Å². The molecule has 25 heavy (non-hydrogen) atoms. The molecule has 0 unspecified atom stereocenters. The van der Waals surface area contributed by atoms with Crippen molar-refractivity contribution in [3.05, 3.63) is 39.6 Å². The number of aromatic nitrogens is 1. The number of thiazole rings is 1. The van der Waals surface area contributed by atoms with Crippen molar-refractivity contribution in [3.8, 4) is 5.75 Å². The number of hydrogen-bond donors (Lipinski definition) is 1. The number of nitrogens with one attached hydrogen (secondary N) is 1. The fourth-order valence-electron chi connectivity index (χ4n) is 3.15. The maximum Gasteiger partial charge on any atom is 0.267 e. The Morgan fingerprint density at radius 2 is 2.08 bits per heavy atom. The van der Waals surface area contributed by atoms with Crippen LogP contribution in [-0.2, 0) is 12.8 Å². The van der Waals surface area contributed by atoms with Crippen molar-refractivity contribution in [3.63, 3.8) is 0 Å². The van der Waals surface area contributed by atoms with E-state index >= 15 is 0 Å². The summed E-state index contributed by atoms with van der Waals surface area (Å²) >= 11 is 3.12. The Labute approximate surface area is 154 Å². The highest BCUT2D eigenvalue weighted by Crippen LogP contribution is 2.32. The molecule has 0 spiro atoms. The van der Waals surface area contributed by atoms with Crippen LogP contribution < -0.4 is 10.1 Å². The molecule has 0 radical (unpaired) electrons. The van der Waals surface area contributed by atoms with Crippen molar-refractivity contribution in [1.82, 2.24) is 4.98 Å². The summed E-state index contributed by atoms with van der Waals surface area (Å²) in [5.41, 5.74) is 2.24. The van der Waals surface area contributed by atoms with Gasteiger partial charge in [0.25, 0.3) is 5.91 Å². The van der Waals surface area contributed by atoms with Crippen molar-refractivity contribution < 1.29 is 9.53 Å². The van der Waals surface area contributed by atoms with Gasteiger partial charge in [-0.05, 0) is 62.4 Å². The zero-order valence-corrected chi connectivity index (χ0v) is 15.8. The Morgan fingerprint density at radius 1 is 1.20 bits per heavy atom. The molecule has 1 aliphatic carbocycles. The van der Waals surface area contributed by atoms with Gasteiger partial charge in [0.05, 0.1) is 21.7 Å². The highest BCUT2D eigenvalue weighted by molar-refractivity contribution is 7.22. The number of fused-ring (bicyclic) bond motifs is 2. The molecule has 2 heterocycles. The number of carbonyl (C=O) groups is 1. The molecule has 0 bridgehead atoms. The first-order chi connectivity index (χ1) is 12.2. The maximum atomic E-state index is 12.6. The number of hydrogen-bond acceptors (Lipinski definition) is 5. The minimum Gasteiger partial charge on any atom is -0.494 e. The summed E-state index contributed by atoms with van der Waals surface area (Å²) in [5.74, 6) is 0.778. The SMILES string of the molecule is CCOc1ccc2nc(NC(=O)c3cc4c(s3)CCCCC4)sc2c1. The van der Waals surface area contributed by atoms with Gasteiger partial charge in [-0.15, -0.1) is 11.3 Å². The molecule has 1 amide bonds. The molecule has 0 atom stereocenters. The van der Waals surface area contributed by atoms with Crippen molar-refractivity contribution in [1.29, 1.82) is 0 Å². The van der Waals surface area contributed by atoms with E-state index in [1.807, 2.05) is 25.1 Å². The first-order valence-electron chi connectivity index (χ1n) is 8.69.